The summed E-state index contributed by atoms with van der Waals surface area (Å²) < 4.78 is 25.7. The molecule has 0 bridgehead atoms. The van der Waals surface area contributed by atoms with Crippen molar-refractivity contribution in [3.8, 4) is 0 Å². The lowest BCUT2D eigenvalue weighted by molar-refractivity contribution is 0.523. The van der Waals surface area contributed by atoms with Crippen LogP contribution >= 0.6 is 46.9 Å². The minimum absolute atomic E-state index is 0. The molecule has 11 heteroatoms. The summed E-state index contributed by atoms with van der Waals surface area (Å²) in [6.45, 7) is 1.18. The SMILES string of the molecule is CN=C(NCCc1ccc(Cl)nc1)NCc1ccc(S(=O)(=O)N(C)C)s1.I. The van der Waals surface area contributed by atoms with E-state index in [4.69, 9.17) is 11.6 Å². The largest absolute Gasteiger partial charge is 0.356 e. The lowest BCUT2D eigenvalue weighted by Crippen LogP contribution is -2.37. The van der Waals surface area contributed by atoms with Crippen LogP contribution in [-0.2, 0) is 23.0 Å². The highest BCUT2D eigenvalue weighted by Crippen LogP contribution is 2.23. The van der Waals surface area contributed by atoms with E-state index in [0.29, 0.717) is 28.4 Å². The molecule has 2 heterocycles. The number of hydrogen-bond donors (Lipinski definition) is 2. The number of guanidine groups is 1. The quantitative estimate of drug-likeness (QED) is 0.243. The predicted octanol–water partition coefficient (Wildman–Crippen LogP) is 2.57. The number of nitrogens with one attached hydrogen (secondary N) is 2. The van der Waals surface area contributed by atoms with Gasteiger partial charge in [0.2, 0.25) is 0 Å². The summed E-state index contributed by atoms with van der Waals surface area (Å²) in [5.41, 5.74) is 1.08. The highest BCUT2D eigenvalue weighted by Gasteiger charge is 2.19. The van der Waals surface area contributed by atoms with Crippen LogP contribution in [0.1, 0.15) is 10.4 Å². The minimum Gasteiger partial charge on any atom is -0.356 e. The summed E-state index contributed by atoms with van der Waals surface area (Å²) in [5, 5.41) is 6.87. The van der Waals surface area contributed by atoms with Gasteiger partial charge < -0.3 is 10.6 Å². The highest BCUT2D eigenvalue weighted by atomic mass is 127. The first kappa shape index (κ1) is 24.1. The van der Waals surface area contributed by atoms with E-state index in [1.54, 1.807) is 31.4 Å². The van der Waals surface area contributed by atoms with Crippen LogP contribution in [0.15, 0.2) is 39.7 Å². The van der Waals surface area contributed by atoms with Gasteiger partial charge in [-0.3, -0.25) is 4.99 Å². The lowest BCUT2D eigenvalue weighted by atomic mass is 10.2. The Bertz CT molecular complexity index is 854. The van der Waals surface area contributed by atoms with Gasteiger partial charge in [-0.1, -0.05) is 17.7 Å². The Balaban J connectivity index is 0.00000364. The number of nitrogens with zero attached hydrogens (tertiary/aromatic N) is 3. The Kier molecular flexibility index (Phi) is 9.95. The van der Waals surface area contributed by atoms with Gasteiger partial charge in [-0.15, -0.1) is 35.3 Å². The number of halogens is 2. The van der Waals surface area contributed by atoms with Crippen molar-refractivity contribution in [1.82, 2.24) is 19.9 Å². The van der Waals surface area contributed by atoms with Crippen LogP contribution in [0.4, 0.5) is 0 Å². The third-order valence-corrected chi connectivity index (χ3v) is 7.11. The smallest absolute Gasteiger partial charge is 0.252 e. The zero-order valence-corrected chi connectivity index (χ0v) is 20.0. The molecule has 0 saturated heterocycles. The van der Waals surface area contributed by atoms with Gasteiger partial charge in [0.05, 0.1) is 6.54 Å². The van der Waals surface area contributed by atoms with Crippen LogP contribution in [0.2, 0.25) is 5.15 Å². The third kappa shape index (κ3) is 7.18. The number of hydrogen-bond acceptors (Lipinski definition) is 5. The van der Waals surface area contributed by atoms with Crippen LogP contribution in [0.25, 0.3) is 0 Å². The van der Waals surface area contributed by atoms with Gasteiger partial charge in [-0.2, -0.15) is 0 Å². The molecule has 2 aromatic rings. The number of aliphatic imine (C=N–C) groups is 1. The number of thiophene rings is 1. The van der Waals surface area contributed by atoms with Crippen molar-refractivity contribution in [3.05, 3.63) is 46.1 Å². The van der Waals surface area contributed by atoms with Crippen molar-refractivity contribution in [1.29, 1.82) is 0 Å². The molecule has 2 rings (SSSR count). The first-order valence-corrected chi connectivity index (χ1v) is 10.5. The molecule has 2 aromatic heterocycles. The van der Waals surface area contributed by atoms with E-state index in [0.717, 1.165) is 16.9 Å². The van der Waals surface area contributed by atoms with Crippen molar-refractivity contribution in [3.63, 3.8) is 0 Å². The molecule has 0 unspecified atom stereocenters. The number of rotatable bonds is 7. The molecule has 0 aliphatic rings. The summed E-state index contributed by atoms with van der Waals surface area (Å²) in [7, 11) is 1.35. The third-order valence-electron chi connectivity index (χ3n) is 3.52. The fourth-order valence-corrected chi connectivity index (χ4v) is 4.62. The molecule has 0 fully saturated rings. The number of pyridine rings is 1. The van der Waals surface area contributed by atoms with Gasteiger partial charge >= 0.3 is 0 Å². The number of aromatic nitrogens is 1. The molecule has 2 N–H and O–H groups in total. The van der Waals surface area contributed by atoms with Gasteiger partial charge in [0.1, 0.15) is 9.36 Å². The second kappa shape index (κ2) is 11.1. The van der Waals surface area contributed by atoms with E-state index in [1.165, 1.54) is 29.7 Å². The molecule has 0 saturated carbocycles. The summed E-state index contributed by atoms with van der Waals surface area (Å²) in [5.74, 6) is 0.650. The lowest BCUT2D eigenvalue weighted by Gasteiger charge is -2.11. The Morgan fingerprint density at radius 2 is 2.00 bits per heavy atom. The standard InChI is InChI=1S/C16H22ClN5O2S2.HI/c1-18-16(19-9-8-12-4-6-14(17)20-10-12)21-11-13-5-7-15(25-13)26(23,24)22(2)3;/h4-7,10H,8-9,11H2,1-3H3,(H2,18,19,21);1H. The van der Waals surface area contributed by atoms with Crippen LogP contribution < -0.4 is 10.6 Å². The Morgan fingerprint density at radius 1 is 1.26 bits per heavy atom. The summed E-state index contributed by atoms with van der Waals surface area (Å²) in [6.07, 6.45) is 2.54. The second-order valence-electron chi connectivity index (χ2n) is 5.60. The second-order valence-corrected chi connectivity index (χ2v) is 9.53. The monoisotopic (exact) mass is 543 g/mol. The van der Waals surface area contributed by atoms with E-state index in [9.17, 15) is 8.42 Å². The molecule has 0 atom stereocenters. The fraction of sp³-hybridized carbons (Fsp3) is 0.375. The maximum absolute atomic E-state index is 12.1. The van der Waals surface area contributed by atoms with Crippen LogP contribution in [0.3, 0.4) is 0 Å². The fourth-order valence-electron chi connectivity index (χ4n) is 2.04. The van der Waals surface area contributed by atoms with Crippen molar-refractivity contribution >= 4 is 62.9 Å². The maximum Gasteiger partial charge on any atom is 0.252 e. The van der Waals surface area contributed by atoms with Crippen LogP contribution in [-0.4, -0.2) is 51.4 Å². The molecule has 0 spiro atoms. The first-order valence-electron chi connectivity index (χ1n) is 7.89. The topological polar surface area (TPSA) is 86.7 Å². The summed E-state index contributed by atoms with van der Waals surface area (Å²) in [6, 6.07) is 7.13. The van der Waals surface area contributed by atoms with Crippen molar-refractivity contribution in [2.75, 3.05) is 27.7 Å². The van der Waals surface area contributed by atoms with Crippen molar-refractivity contribution < 1.29 is 8.42 Å². The van der Waals surface area contributed by atoms with E-state index >= 15 is 0 Å². The minimum atomic E-state index is -3.39. The first-order chi connectivity index (χ1) is 12.3. The van der Waals surface area contributed by atoms with Crippen molar-refractivity contribution in [2.24, 2.45) is 4.99 Å². The van der Waals surface area contributed by atoms with E-state index in [2.05, 4.69) is 20.6 Å². The molecule has 150 valence electrons. The van der Waals surface area contributed by atoms with Crippen LogP contribution in [0, 0.1) is 0 Å². The van der Waals surface area contributed by atoms with Gasteiger partial charge in [0.15, 0.2) is 5.96 Å². The average Bonchev–Trinajstić information content (AvgIpc) is 3.09. The maximum atomic E-state index is 12.1. The van der Waals surface area contributed by atoms with Crippen LogP contribution in [0.5, 0.6) is 0 Å². The van der Waals surface area contributed by atoms with Crippen molar-refractivity contribution in [2.45, 2.75) is 17.2 Å². The van der Waals surface area contributed by atoms with Gasteiger partial charge in [-0.05, 0) is 30.2 Å². The van der Waals surface area contributed by atoms with Gasteiger partial charge in [0, 0.05) is 38.8 Å². The molecule has 0 amide bonds. The molecule has 0 aromatic carbocycles. The predicted molar refractivity (Wildman–Crippen MR) is 122 cm³/mol. The van der Waals surface area contributed by atoms with Gasteiger partial charge in [-0.25, -0.2) is 17.7 Å². The molecule has 0 aliphatic heterocycles. The zero-order valence-electron chi connectivity index (χ0n) is 15.3. The molecule has 0 radical (unpaired) electrons. The Hall–Kier alpha value is -0.950. The van der Waals surface area contributed by atoms with Gasteiger partial charge in [0.25, 0.3) is 10.0 Å². The summed E-state index contributed by atoms with van der Waals surface area (Å²) in [4.78, 5) is 9.13. The normalized spacial score (nSPS) is 12.0. The number of sulfonamides is 1. The molecule has 27 heavy (non-hydrogen) atoms. The average molecular weight is 544 g/mol. The Labute approximate surface area is 186 Å². The Morgan fingerprint density at radius 3 is 2.59 bits per heavy atom. The van der Waals surface area contributed by atoms with E-state index < -0.39 is 10.0 Å². The zero-order chi connectivity index (χ0) is 19.2. The molecule has 0 aliphatic carbocycles. The highest BCUT2D eigenvalue weighted by molar-refractivity contribution is 14.0. The molecular formula is C16H23ClIN5O2S2. The summed E-state index contributed by atoms with van der Waals surface area (Å²) >= 11 is 7.02. The molecular weight excluding hydrogens is 521 g/mol. The van der Waals surface area contributed by atoms with E-state index in [1.807, 2.05) is 6.07 Å². The van der Waals surface area contributed by atoms with E-state index in [-0.39, 0.29) is 24.0 Å². The molecule has 7 nitrogen and oxygen atoms in total.